The van der Waals surface area contributed by atoms with Gasteiger partial charge in [-0.05, 0) is 12.3 Å². The van der Waals surface area contributed by atoms with Crippen LogP contribution in [-0.4, -0.2) is 43.3 Å². The lowest BCUT2D eigenvalue weighted by atomic mass is 10.2. The van der Waals surface area contributed by atoms with Crippen molar-refractivity contribution in [2.75, 3.05) is 25.4 Å². The van der Waals surface area contributed by atoms with Crippen LogP contribution in [0.4, 0.5) is 0 Å². The monoisotopic (exact) mass is 223 g/mol. The first-order valence-corrected chi connectivity index (χ1v) is 6.63. The molecule has 0 aromatic heterocycles. The summed E-state index contributed by atoms with van der Waals surface area (Å²) in [5.41, 5.74) is 0. The van der Waals surface area contributed by atoms with Crippen molar-refractivity contribution in [3.8, 4) is 0 Å². The molecule has 0 fully saturated rings. The molecule has 14 heavy (non-hydrogen) atoms. The summed E-state index contributed by atoms with van der Waals surface area (Å²) in [6.45, 7) is 6.30. The number of likely N-dealkylation sites (N-methyl/N-ethyl adjacent to an activating group) is 1. The summed E-state index contributed by atoms with van der Waals surface area (Å²) in [6, 6.07) is 0. The van der Waals surface area contributed by atoms with Gasteiger partial charge in [-0.25, -0.2) is 8.42 Å². The summed E-state index contributed by atoms with van der Waals surface area (Å²) >= 11 is 0. The highest BCUT2D eigenvalue weighted by Gasteiger charge is 2.19. The summed E-state index contributed by atoms with van der Waals surface area (Å²) < 4.78 is 24.7. The number of sulfonamides is 1. The smallest absolute Gasteiger partial charge is 0.214 e. The second kappa shape index (κ2) is 6.37. The maximum Gasteiger partial charge on any atom is 0.214 e. The molecular formula is C9H21NO3S. The maximum absolute atomic E-state index is 11.7. The van der Waals surface area contributed by atoms with Crippen molar-refractivity contribution in [2.24, 2.45) is 5.92 Å². The maximum atomic E-state index is 11.7. The lowest BCUT2D eigenvalue weighted by molar-refractivity contribution is 0.257. The average Bonchev–Trinajstić information content (AvgIpc) is 2.11. The highest BCUT2D eigenvalue weighted by Crippen LogP contribution is 2.07. The van der Waals surface area contributed by atoms with Crippen molar-refractivity contribution in [2.45, 2.75) is 27.2 Å². The van der Waals surface area contributed by atoms with E-state index < -0.39 is 10.0 Å². The zero-order chi connectivity index (χ0) is 11.2. The Morgan fingerprint density at radius 3 is 2.29 bits per heavy atom. The Balaban J connectivity index is 4.27. The van der Waals surface area contributed by atoms with Crippen molar-refractivity contribution < 1.29 is 13.5 Å². The minimum atomic E-state index is -3.16. The first-order chi connectivity index (χ1) is 6.44. The molecule has 0 amide bonds. The molecule has 0 unspecified atom stereocenters. The number of aliphatic hydroxyl groups is 1. The predicted octanol–water partition coefficient (Wildman–Crippen LogP) is 0.676. The standard InChI is InChI=1S/C9H21NO3S/c1-4-10(6-7-11)14(12,13)8-5-9(2)3/h9,11H,4-8H2,1-3H3. The van der Waals surface area contributed by atoms with Gasteiger partial charge in [0.2, 0.25) is 10.0 Å². The zero-order valence-corrected chi connectivity index (χ0v) is 10.0. The van der Waals surface area contributed by atoms with Gasteiger partial charge in [-0.1, -0.05) is 20.8 Å². The van der Waals surface area contributed by atoms with E-state index in [-0.39, 0.29) is 18.9 Å². The summed E-state index contributed by atoms with van der Waals surface area (Å²) in [5, 5.41) is 8.70. The number of nitrogens with zero attached hydrogens (tertiary/aromatic N) is 1. The minimum Gasteiger partial charge on any atom is -0.395 e. The van der Waals surface area contributed by atoms with Gasteiger partial charge in [0.25, 0.3) is 0 Å². The Bertz CT molecular complexity index is 236. The lowest BCUT2D eigenvalue weighted by Crippen LogP contribution is -2.35. The molecule has 0 spiro atoms. The number of hydrogen-bond donors (Lipinski definition) is 1. The van der Waals surface area contributed by atoms with E-state index in [4.69, 9.17) is 5.11 Å². The van der Waals surface area contributed by atoms with Gasteiger partial charge in [0, 0.05) is 13.1 Å². The van der Waals surface area contributed by atoms with Crippen molar-refractivity contribution in [1.29, 1.82) is 0 Å². The largest absolute Gasteiger partial charge is 0.395 e. The molecule has 86 valence electrons. The molecule has 0 bridgehead atoms. The molecule has 4 nitrogen and oxygen atoms in total. The van der Waals surface area contributed by atoms with Crippen molar-refractivity contribution in [3.63, 3.8) is 0 Å². The van der Waals surface area contributed by atoms with E-state index in [1.165, 1.54) is 4.31 Å². The van der Waals surface area contributed by atoms with Gasteiger partial charge in [0.15, 0.2) is 0 Å². The van der Waals surface area contributed by atoms with Crippen molar-refractivity contribution in [3.05, 3.63) is 0 Å². The van der Waals surface area contributed by atoms with Gasteiger partial charge in [-0.15, -0.1) is 0 Å². The van der Waals surface area contributed by atoms with Crippen LogP contribution in [0.5, 0.6) is 0 Å². The van der Waals surface area contributed by atoms with E-state index in [0.717, 1.165) is 0 Å². The third-order valence-corrected chi connectivity index (χ3v) is 4.03. The minimum absolute atomic E-state index is 0.116. The number of rotatable bonds is 7. The SMILES string of the molecule is CCN(CCO)S(=O)(=O)CCC(C)C. The first kappa shape index (κ1) is 13.9. The van der Waals surface area contributed by atoms with E-state index in [1.807, 2.05) is 13.8 Å². The van der Waals surface area contributed by atoms with E-state index >= 15 is 0 Å². The van der Waals surface area contributed by atoms with Crippen LogP contribution in [0.1, 0.15) is 27.2 Å². The Hall–Kier alpha value is -0.130. The van der Waals surface area contributed by atoms with Crippen LogP contribution in [0.2, 0.25) is 0 Å². The molecule has 0 saturated carbocycles. The third-order valence-electron chi connectivity index (χ3n) is 2.05. The molecule has 0 rings (SSSR count). The quantitative estimate of drug-likeness (QED) is 0.690. The van der Waals surface area contributed by atoms with Gasteiger partial charge in [0.05, 0.1) is 12.4 Å². The Kier molecular flexibility index (Phi) is 6.31. The first-order valence-electron chi connectivity index (χ1n) is 5.02. The van der Waals surface area contributed by atoms with Crippen LogP contribution in [0.3, 0.4) is 0 Å². The van der Waals surface area contributed by atoms with Gasteiger partial charge >= 0.3 is 0 Å². The van der Waals surface area contributed by atoms with Gasteiger partial charge in [-0.2, -0.15) is 4.31 Å². The predicted molar refractivity (Wildman–Crippen MR) is 57.6 cm³/mol. The van der Waals surface area contributed by atoms with Gasteiger partial charge in [-0.3, -0.25) is 0 Å². The fraction of sp³-hybridized carbons (Fsp3) is 1.00. The van der Waals surface area contributed by atoms with Crippen molar-refractivity contribution >= 4 is 10.0 Å². The summed E-state index contributed by atoms with van der Waals surface area (Å²) in [5.74, 6) is 0.566. The molecule has 0 aliphatic carbocycles. The fourth-order valence-corrected chi connectivity index (χ4v) is 2.90. The van der Waals surface area contributed by atoms with E-state index in [9.17, 15) is 8.42 Å². The van der Waals surface area contributed by atoms with Crippen LogP contribution >= 0.6 is 0 Å². The molecule has 1 N–H and O–H groups in total. The number of hydrogen-bond acceptors (Lipinski definition) is 3. The molecule has 5 heteroatoms. The Labute approximate surface area is 87.0 Å². The normalized spacial score (nSPS) is 12.7. The molecule has 0 radical (unpaired) electrons. The number of aliphatic hydroxyl groups excluding tert-OH is 1. The van der Waals surface area contributed by atoms with Crippen LogP contribution in [0, 0.1) is 5.92 Å². The zero-order valence-electron chi connectivity index (χ0n) is 9.23. The summed E-state index contributed by atoms with van der Waals surface area (Å²) in [6.07, 6.45) is 0.671. The molecular weight excluding hydrogens is 202 g/mol. The summed E-state index contributed by atoms with van der Waals surface area (Å²) in [7, 11) is -3.16. The highest BCUT2D eigenvalue weighted by atomic mass is 32.2. The van der Waals surface area contributed by atoms with Crippen LogP contribution < -0.4 is 0 Å². The Morgan fingerprint density at radius 2 is 1.93 bits per heavy atom. The molecule has 0 aliphatic heterocycles. The highest BCUT2D eigenvalue weighted by molar-refractivity contribution is 7.89. The lowest BCUT2D eigenvalue weighted by Gasteiger charge is -2.19. The second-order valence-corrected chi connectivity index (χ2v) is 5.80. The topological polar surface area (TPSA) is 57.6 Å². The Morgan fingerprint density at radius 1 is 1.36 bits per heavy atom. The molecule has 0 heterocycles. The van der Waals surface area contributed by atoms with Crippen LogP contribution in [-0.2, 0) is 10.0 Å². The van der Waals surface area contributed by atoms with Gasteiger partial charge in [0.1, 0.15) is 0 Å². The third kappa shape index (κ3) is 4.93. The van der Waals surface area contributed by atoms with E-state index in [2.05, 4.69) is 0 Å². The molecule has 0 aromatic rings. The van der Waals surface area contributed by atoms with Crippen molar-refractivity contribution in [1.82, 2.24) is 4.31 Å². The molecule has 0 aliphatic rings. The fourth-order valence-electron chi connectivity index (χ4n) is 1.12. The molecule has 0 aromatic carbocycles. The van der Waals surface area contributed by atoms with Crippen LogP contribution in [0.15, 0.2) is 0 Å². The van der Waals surface area contributed by atoms with Gasteiger partial charge < -0.3 is 5.11 Å². The average molecular weight is 223 g/mol. The van der Waals surface area contributed by atoms with Crippen LogP contribution in [0.25, 0.3) is 0 Å². The van der Waals surface area contributed by atoms with E-state index in [0.29, 0.717) is 18.9 Å². The molecule has 0 saturated heterocycles. The van der Waals surface area contributed by atoms with E-state index in [1.54, 1.807) is 6.92 Å². The molecule has 0 atom stereocenters. The second-order valence-electron chi connectivity index (χ2n) is 3.71. The summed E-state index contributed by atoms with van der Waals surface area (Å²) in [4.78, 5) is 0.